The summed E-state index contributed by atoms with van der Waals surface area (Å²) in [5.41, 5.74) is 3.48. The summed E-state index contributed by atoms with van der Waals surface area (Å²) in [4.78, 5) is 11.5. The average molecular weight is 220 g/mol. The van der Waals surface area contributed by atoms with E-state index in [4.69, 9.17) is 10.6 Å². The van der Waals surface area contributed by atoms with Gasteiger partial charge in [0.25, 0.3) is 0 Å². The van der Waals surface area contributed by atoms with E-state index in [0.29, 0.717) is 6.42 Å². The summed E-state index contributed by atoms with van der Waals surface area (Å²) in [5, 5.41) is 0. The Morgan fingerprint density at radius 1 is 1.50 bits per heavy atom. The van der Waals surface area contributed by atoms with Crippen LogP contribution in [0.4, 0.5) is 0 Å². The van der Waals surface area contributed by atoms with Crippen LogP contribution in [-0.2, 0) is 16.0 Å². The largest absolute Gasteiger partial charge is 0.460 e. The molecule has 1 aromatic carbocycles. The number of esters is 1. The average Bonchev–Trinajstić information content (AvgIpc) is 2.34. The molecule has 0 aliphatic rings. The van der Waals surface area contributed by atoms with E-state index in [2.05, 4.69) is 12.0 Å². The first-order valence-corrected chi connectivity index (χ1v) is 5.05. The summed E-state index contributed by atoms with van der Waals surface area (Å²) in [5.74, 6) is 4.95. The highest BCUT2D eigenvalue weighted by molar-refractivity contribution is 5.76. The van der Waals surface area contributed by atoms with Crippen LogP contribution in [0, 0.1) is 0 Å². The van der Waals surface area contributed by atoms with Gasteiger partial charge in [-0.15, -0.1) is 0 Å². The number of benzene rings is 1. The number of nitrogens with two attached hydrogens (primary N) is 1. The van der Waals surface area contributed by atoms with Gasteiger partial charge < -0.3 is 4.74 Å². The molecule has 0 aromatic heterocycles. The van der Waals surface area contributed by atoms with Crippen molar-refractivity contribution >= 4 is 5.97 Å². The van der Waals surface area contributed by atoms with Crippen molar-refractivity contribution in [2.75, 3.05) is 6.61 Å². The fourth-order valence-electron chi connectivity index (χ4n) is 1.30. The summed E-state index contributed by atoms with van der Waals surface area (Å²) in [7, 11) is 0. The van der Waals surface area contributed by atoms with Crippen LogP contribution < -0.4 is 11.3 Å². The van der Waals surface area contributed by atoms with E-state index < -0.39 is 6.04 Å². The van der Waals surface area contributed by atoms with Gasteiger partial charge >= 0.3 is 5.97 Å². The third kappa shape index (κ3) is 3.84. The minimum atomic E-state index is -0.526. The monoisotopic (exact) mass is 220 g/mol. The number of hydrogen-bond acceptors (Lipinski definition) is 4. The molecule has 3 N–H and O–H groups in total. The maximum Gasteiger partial charge on any atom is 0.325 e. The first-order chi connectivity index (χ1) is 7.77. The van der Waals surface area contributed by atoms with Crippen LogP contribution in [0.5, 0.6) is 0 Å². The molecule has 0 spiro atoms. The fraction of sp³-hybridized carbons (Fsp3) is 0.250. The van der Waals surface area contributed by atoms with Crippen molar-refractivity contribution in [3.63, 3.8) is 0 Å². The molecule has 0 saturated carbocycles. The van der Waals surface area contributed by atoms with E-state index >= 15 is 0 Å². The smallest absolute Gasteiger partial charge is 0.325 e. The molecule has 0 unspecified atom stereocenters. The Bertz CT molecular complexity index is 338. The third-order valence-corrected chi connectivity index (χ3v) is 2.11. The van der Waals surface area contributed by atoms with Crippen LogP contribution >= 0.6 is 0 Å². The van der Waals surface area contributed by atoms with Crippen LogP contribution in [-0.4, -0.2) is 18.6 Å². The zero-order valence-corrected chi connectivity index (χ0v) is 9.06. The van der Waals surface area contributed by atoms with Crippen molar-refractivity contribution in [1.29, 1.82) is 0 Å². The molecule has 4 heteroatoms. The van der Waals surface area contributed by atoms with E-state index in [1.165, 1.54) is 6.08 Å². The lowest BCUT2D eigenvalue weighted by molar-refractivity contribution is -0.144. The highest BCUT2D eigenvalue weighted by atomic mass is 16.5. The van der Waals surface area contributed by atoms with Crippen molar-refractivity contribution in [1.82, 2.24) is 5.43 Å². The molecule has 0 amide bonds. The Balaban J connectivity index is 2.55. The second-order valence-corrected chi connectivity index (χ2v) is 3.33. The highest BCUT2D eigenvalue weighted by Crippen LogP contribution is 2.03. The van der Waals surface area contributed by atoms with Gasteiger partial charge in [-0.3, -0.25) is 10.6 Å². The van der Waals surface area contributed by atoms with E-state index in [9.17, 15) is 4.79 Å². The van der Waals surface area contributed by atoms with Crippen molar-refractivity contribution in [3.05, 3.63) is 48.6 Å². The molecule has 0 fully saturated rings. The fourth-order valence-corrected chi connectivity index (χ4v) is 1.30. The molecule has 0 heterocycles. The van der Waals surface area contributed by atoms with Gasteiger partial charge in [0, 0.05) is 0 Å². The summed E-state index contributed by atoms with van der Waals surface area (Å²) in [6.45, 7) is 3.67. The molecule has 86 valence electrons. The first kappa shape index (κ1) is 12.4. The van der Waals surface area contributed by atoms with Crippen LogP contribution in [0.3, 0.4) is 0 Å². The predicted octanol–water partition coefficient (Wildman–Crippen LogP) is 0.790. The normalized spacial score (nSPS) is 11.8. The minimum Gasteiger partial charge on any atom is -0.460 e. The lowest BCUT2D eigenvalue weighted by atomic mass is 10.1. The van der Waals surface area contributed by atoms with Gasteiger partial charge in [-0.05, 0) is 12.0 Å². The van der Waals surface area contributed by atoms with Crippen LogP contribution in [0.1, 0.15) is 5.56 Å². The molecule has 16 heavy (non-hydrogen) atoms. The number of nitrogens with one attached hydrogen (secondary N) is 1. The van der Waals surface area contributed by atoms with Gasteiger partial charge in [-0.2, -0.15) is 0 Å². The lowest BCUT2D eigenvalue weighted by Crippen LogP contribution is -2.44. The Hall–Kier alpha value is -1.65. The maximum absolute atomic E-state index is 11.5. The molecule has 1 atom stereocenters. The Kier molecular flexibility index (Phi) is 5.25. The number of carbonyl (C=O) groups is 1. The zero-order valence-electron chi connectivity index (χ0n) is 9.06. The molecular formula is C12H16N2O2. The van der Waals surface area contributed by atoms with Crippen LogP contribution in [0.15, 0.2) is 43.0 Å². The highest BCUT2D eigenvalue weighted by Gasteiger charge is 2.18. The number of hydrazine groups is 1. The molecule has 1 rings (SSSR count). The topological polar surface area (TPSA) is 64.3 Å². The van der Waals surface area contributed by atoms with Crippen LogP contribution in [0.25, 0.3) is 0 Å². The van der Waals surface area contributed by atoms with Gasteiger partial charge in [-0.25, -0.2) is 5.43 Å². The Labute approximate surface area is 95.1 Å². The van der Waals surface area contributed by atoms with Crippen molar-refractivity contribution in [2.24, 2.45) is 5.84 Å². The molecular weight excluding hydrogens is 204 g/mol. The zero-order chi connectivity index (χ0) is 11.8. The van der Waals surface area contributed by atoms with E-state index in [1.54, 1.807) is 0 Å². The summed E-state index contributed by atoms with van der Waals surface area (Å²) < 4.78 is 4.92. The Morgan fingerprint density at radius 2 is 2.19 bits per heavy atom. The molecule has 0 bridgehead atoms. The van der Waals surface area contributed by atoms with Gasteiger partial charge in [-0.1, -0.05) is 43.0 Å². The second-order valence-electron chi connectivity index (χ2n) is 3.33. The standard InChI is InChI=1S/C12H16N2O2/c1-2-8-16-12(15)11(14-13)9-10-6-4-3-5-7-10/h2-7,11,14H,1,8-9,13H2/t11-/m0/s1. The number of hydrogen-bond donors (Lipinski definition) is 2. The number of rotatable bonds is 6. The van der Waals surface area contributed by atoms with Crippen molar-refractivity contribution < 1.29 is 9.53 Å². The summed E-state index contributed by atoms with van der Waals surface area (Å²) in [6.07, 6.45) is 2.03. The summed E-state index contributed by atoms with van der Waals surface area (Å²) in [6, 6.07) is 9.10. The number of carbonyl (C=O) groups excluding carboxylic acids is 1. The van der Waals surface area contributed by atoms with Gasteiger partial charge in [0.15, 0.2) is 0 Å². The van der Waals surface area contributed by atoms with Gasteiger partial charge in [0.1, 0.15) is 12.6 Å². The van der Waals surface area contributed by atoms with Crippen LogP contribution in [0.2, 0.25) is 0 Å². The van der Waals surface area contributed by atoms with E-state index in [0.717, 1.165) is 5.56 Å². The Morgan fingerprint density at radius 3 is 2.75 bits per heavy atom. The number of ether oxygens (including phenoxy) is 1. The minimum absolute atomic E-state index is 0.200. The van der Waals surface area contributed by atoms with Gasteiger partial charge in [0.05, 0.1) is 0 Å². The van der Waals surface area contributed by atoms with E-state index in [1.807, 2.05) is 30.3 Å². The molecule has 0 saturated heterocycles. The molecule has 0 aliphatic carbocycles. The lowest BCUT2D eigenvalue weighted by Gasteiger charge is -2.14. The molecule has 0 radical (unpaired) electrons. The second kappa shape index (κ2) is 6.76. The van der Waals surface area contributed by atoms with Crippen molar-refractivity contribution in [3.8, 4) is 0 Å². The quantitative estimate of drug-likeness (QED) is 0.322. The predicted molar refractivity (Wildman–Crippen MR) is 62.4 cm³/mol. The molecule has 4 nitrogen and oxygen atoms in total. The van der Waals surface area contributed by atoms with E-state index in [-0.39, 0.29) is 12.6 Å². The molecule has 0 aliphatic heterocycles. The van der Waals surface area contributed by atoms with Crippen molar-refractivity contribution in [2.45, 2.75) is 12.5 Å². The van der Waals surface area contributed by atoms with Gasteiger partial charge in [0.2, 0.25) is 0 Å². The first-order valence-electron chi connectivity index (χ1n) is 5.05. The molecule has 1 aromatic rings. The third-order valence-electron chi connectivity index (χ3n) is 2.11. The summed E-state index contributed by atoms with van der Waals surface area (Å²) >= 11 is 0. The SMILES string of the molecule is C=CCOC(=O)[C@H](Cc1ccccc1)NN. The maximum atomic E-state index is 11.5.